The first-order valence-corrected chi connectivity index (χ1v) is 8.73. The number of rotatable bonds is 11. The van der Waals surface area contributed by atoms with Gasteiger partial charge in [-0.15, -0.1) is 24.0 Å². The van der Waals surface area contributed by atoms with Gasteiger partial charge in [-0.2, -0.15) is 0 Å². The van der Waals surface area contributed by atoms with Gasteiger partial charge in [0.1, 0.15) is 5.75 Å². The average molecular weight is 478 g/mol. The maximum Gasteiger partial charge on any atom is 0.251 e. The molecule has 0 radical (unpaired) electrons. The Morgan fingerprint density at radius 3 is 2.38 bits per heavy atom. The summed E-state index contributed by atoms with van der Waals surface area (Å²) in [6, 6.07) is 7.02. The minimum absolute atomic E-state index is 0. The molecular formula is C18H31IN4O3. The summed E-state index contributed by atoms with van der Waals surface area (Å²) in [5.74, 6) is 1.37. The van der Waals surface area contributed by atoms with Crippen LogP contribution in [-0.4, -0.2) is 58.4 Å². The molecule has 0 heterocycles. The van der Waals surface area contributed by atoms with Crippen molar-refractivity contribution in [3.8, 4) is 5.75 Å². The van der Waals surface area contributed by atoms with Gasteiger partial charge in [0.15, 0.2) is 5.96 Å². The molecule has 0 aliphatic rings. The molecule has 1 rings (SSSR count). The molecule has 0 aromatic heterocycles. The van der Waals surface area contributed by atoms with Crippen molar-refractivity contribution in [2.75, 3.05) is 46.5 Å². The number of amides is 1. The van der Waals surface area contributed by atoms with Crippen molar-refractivity contribution in [1.29, 1.82) is 0 Å². The Morgan fingerprint density at radius 1 is 1.08 bits per heavy atom. The fourth-order valence-electron chi connectivity index (χ4n) is 2.04. The number of benzene rings is 1. The molecule has 1 amide bonds. The zero-order chi connectivity index (χ0) is 18.3. The van der Waals surface area contributed by atoms with E-state index in [0.717, 1.165) is 37.9 Å². The fraction of sp³-hybridized carbons (Fsp3) is 0.556. The van der Waals surface area contributed by atoms with E-state index in [1.54, 1.807) is 31.4 Å². The lowest BCUT2D eigenvalue weighted by Gasteiger charge is -2.12. The van der Waals surface area contributed by atoms with Gasteiger partial charge in [0, 0.05) is 45.0 Å². The summed E-state index contributed by atoms with van der Waals surface area (Å²) in [5, 5.41) is 9.25. The van der Waals surface area contributed by atoms with E-state index in [1.165, 1.54) is 0 Å². The minimum Gasteiger partial charge on any atom is -0.497 e. The van der Waals surface area contributed by atoms with Crippen LogP contribution in [0.2, 0.25) is 0 Å². The van der Waals surface area contributed by atoms with Crippen LogP contribution in [0, 0.1) is 0 Å². The normalized spacial score (nSPS) is 10.7. The van der Waals surface area contributed by atoms with Gasteiger partial charge in [-0.3, -0.25) is 9.79 Å². The van der Waals surface area contributed by atoms with Crippen LogP contribution in [0.5, 0.6) is 5.75 Å². The zero-order valence-corrected chi connectivity index (χ0v) is 18.2. The molecule has 0 unspecified atom stereocenters. The van der Waals surface area contributed by atoms with Gasteiger partial charge in [-0.05, 0) is 44.5 Å². The smallest absolute Gasteiger partial charge is 0.251 e. The van der Waals surface area contributed by atoms with Crippen molar-refractivity contribution in [3.63, 3.8) is 0 Å². The van der Waals surface area contributed by atoms with E-state index < -0.39 is 0 Å². The van der Waals surface area contributed by atoms with E-state index in [2.05, 4.69) is 20.9 Å². The van der Waals surface area contributed by atoms with Crippen molar-refractivity contribution in [3.05, 3.63) is 29.8 Å². The Labute approximate surface area is 173 Å². The third-order valence-electron chi connectivity index (χ3n) is 3.32. The van der Waals surface area contributed by atoms with Crippen LogP contribution in [0.25, 0.3) is 0 Å². The van der Waals surface area contributed by atoms with Gasteiger partial charge in [-0.25, -0.2) is 0 Å². The van der Waals surface area contributed by atoms with Gasteiger partial charge >= 0.3 is 0 Å². The molecule has 0 aliphatic carbocycles. The quantitative estimate of drug-likeness (QED) is 0.196. The molecule has 0 saturated carbocycles. The first kappa shape index (κ1) is 24.5. The first-order chi connectivity index (χ1) is 12.2. The lowest BCUT2D eigenvalue weighted by atomic mass is 10.2. The van der Waals surface area contributed by atoms with Crippen molar-refractivity contribution in [2.24, 2.45) is 4.99 Å². The van der Waals surface area contributed by atoms with E-state index in [-0.39, 0.29) is 29.9 Å². The topological polar surface area (TPSA) is 84.0 Å². The number of halogens is 1. The van der Waals surface area contributed by atoms with E-state index in [4.69, 9.17) is 9.47 Å². The van der Waals surface area contributed by atoms with Gasteiger partial charge < -0.3 is 25.4 Å². The Morgan fingerprint density at radius 2 is 1.77 bits per heavy atom. The van der Waals surface area contributed by atoms with Gasteiger partial charge in [-0.1, -0.05) is 0 Å². The third-order valence-corrected chi connectivity index (χ3v) is 3.32. The molecule has 0 fully saturated rings. The molecule has 1 aromatic carbocycles. The average Bonchev–Trinajstić information content (AvgIpc) is 2.64. The summed E-state index contributed by atoms with van der Waals surface area (Å²) in [6.07, 6.45) is 0.888. The van der Waals surface area contributed by atoms with Crippen LogP contribution in [-0.2, 0) is 4.74 Å². The van der Waals surface area contributed by atoms with Gasteiger partial charge in [0.2, 0.25) is 0 Å². The summed E-state index contributed by atoms with van der Waals surface area (Å²) in [6.45, 7) is 8.04. The highest BCUT2D eigenvalue weighted by Gasteiger charge is 2.05. The summed E-state index contributed by atoms with van der Waals surface area (Å²) < 4.78 is 10.4. The van der Waals surface area contributed by atoms with Crippen molar-refractivity contribution in [1.82, 2.24) is 16.0 Å². The summed E-state index contributed by atoms with van der Waals surface area (Å²) in [7, 11) is 1.60. The number of nitrogens with one attached hydrogen (secondary N) is 3. The predicted molar refractivity (Wildman–Crippen MR) is 116 cm³/mol. The number of hydrogen-bond acceptors (Lipinski definition) is 4. The van der Waals surface area contributed by atoms with E-state index in [0.29, 0.717) is 25.2 Å². The Kier molecular flexibility index (Phi) is 14.8. The summed E-state index contributed by atoms with van der Waals surface area (Å²) in [4.78, 5) is 16.5. The molecular weight excluding hydrogens is 447 g/mol. The number of methoxy groups -OCH3 is 1. The number of aliphatic imine (C=N–C) groups is 1. The molecule has 3 N–H and O–H groups in total. The van der Waals surface area contributed by atoms with Gasteiger partial charge in [0.05, 0.1) is 7.11 Å². The monoisotopic (exact) mass is 478 g/mol. The lowest BCUT2D eigenvalue weighted by Crippen LogP contribution is -2.41. The number of carbonyl (C=O) groups excluding carboxylic acids is 1. The Hall–Kier alpha value is -1.55. The van der Waals surface area contributed by atoms with E-state index in [9.17, 15) is 4.79 Å². The zero-order valence-electron chi connectivity index (χ0n) is 15.8. The number of ether oxygens (including phenoxy) is 2. The highest BCUT2D eigenvalue weighted by Crippen LogP contribution is 2.10. The summed E-state index contributed by atoms with van der Waals surface area (Å²) >= 11 is 0. The van der Waals surface area contributed by atoms with E-state index in [1.807, 2.05) is 13.8 Å². The standard InChI is InChI=1S/C18H30N4O3.HI/c1-4-19-18(21-11-6-14-25-5-2)22-13-12-20-17(23)15-7-9-16(24-3)10-8-15;/h7-10H,4-6,11-14H2,1-3H3,(H,20,23)(H2,19,21,22);1H. The van der Waals surface area contributed by atoms with Crippen LogP contribution in [0.15, 0.2) is 29.3 Å². The lowest BCUT2D eigenvalue weighted by molar-refractivity contribution is 0.0954. The number of carbonyl (C=O) groups is 1. The number of nitrogens with zero attached hydrogens (tertiary/aromatic N) is 1. The molecule has 0 atom stereocenters. The maximum atomic E-state index is 12.0. The largest absolute Gasteiger partial charge is 0.497 e. The molecule has 7 nitrogen and oxygen atoms in total. The van der Waals surface area contributed by atoms with Crippen molar-refractivity contribution in [2.45, 2.75) is 20.3 Å². The summed E-state index contributed by atoms with van der Waals surface area (Å²) in [5.41, 5.74) is 0.609. The number of hydrogen-bond donors (Lipinski definition) is 3. The van der Waals surface area contributed by atoms with Crippen LogP contribution >= 0.6 is 24.0 Å². The minimum atomic E-state index is -0.108. The first-order valence-electron chi connectivity index (χ1n) is 8.73. The second-order valence-electron chi connectivity index (χ2n) is 5.22. The van der Waals surface area contributed by atoms with Crippen molar-refractivity contribution < 1.29 is 14.3 Å². The highest BCUT2D eigenvalue weighted by molar-refractivity contribution is 14.0. The second kappa shape index (κ2) is 15.7. The molecule has 1 aromatic rings. The van der Waals surface area contributed by atoms with E-state index >= 15 is 0 Å². The highest BCUT2D eigenvalue weighted by atomic mass is 127. The number of guanidine groups is 1. The van der Waals surface area contributed by atoms with Crippen LogP contribution in [0.4, 0.5) is 0 Å². The van der Waals surface area contributed by atoms with Crippen molar-refractivity contribution >= 4 is 35.8 Å². The maximum absolute atomic E-state index is 12.0. The van der Waals surface area contributed by atoms with Crippen LogP contribution in [0.1, 0.15) is 30.6 Å². The molecule has 0 aliphatic heterocycles. The molecule has 0 saturated heterocycles. The molecule has 0 spiro atoms. The molecule has 148 valence electrons. The molecule has 0 bridgehead atoms. The van der Waals surface area contributed by atoms with Gasteiger partial charge in [0.25, 0.3) is 5.91 Å². The molecule has 26 heavy (non-hydrogen) atoms. The Bertz CT molecular complexity index is 524. The second-order valence-corrected chi connectivity index (χ2v) is 5.22. The fourth-order valence-corrected chi connectivity index (χ4v) is 2.04. The predicted octanol–water partition coefficient (Wildman–Crippen LogP) is 2.02. The van der Waals surface area contributed by atoms with Crippen LogP contribution in [0.3, 0.4) is 0 Å². The Balaban J connectivity index is 0.00000625. The SMILES string of the molecule is CCNC(=NCCCOCC)NCCNC(=O)c1ccc(OC)cc1.I. The molecule has 8 heteroatoms. The third kappa shape index (κ3) is 10.4. The van der Waals surface area contributed by atoms with Crippen LogP contribution < -0.4 is 20.7 Å².